The van der Waals surface area contributed by atoms with E-state index in [4.69, 9.17) is 0 Å². The second-order valence-electron chi connectivity index (χ2n) is 17.2. The Hall–Kier alpha value is -8.60. The van der Waals surface area contributed by atoms with E-state index in [1.54, 1.807) is 0 Å². The van der Waals surface area contributed by atoms with Crippen LogP contribution in [0.5, 0.6) is 0 Å². The molecule has 0 aliphatic heterocycles. The minimum Gasteiger partial charge on any atom is -0.310 e. The first-order chi connectivity index (χ1) is 38.6. The fraction of sp³-hybridized carbons (Fsp3) is 0.189. The van der Waals surface area contributed by atoms with Crippen LogP contribution >= 0.6 is 0 Å². The van der Waals surface area contributed by atoms with Crippen molar-refractivity contribution in [3.05, 3.63) is 254 Å². The monoisotopic (exact) mass is 1030 g/mol. The second-order valence-corrected chi connectivity index (χ2v) is 17.2. The molecule has 0 unspecified atom stereocenters. The summed E-state index contributed by atoms with van der Waals surface area (Å²) >= 11 is 0. The molecule has 0 bridgehead atoms. The number of benzene rings is 10. The van der Waals surface area contributed by atoms with Crippen molar-refractivity contribution < 1.29 is 0 Å². The van der Waals surface area contributed by atoms with Crippen LogP contribution in [0.15, 0.2) is 243 Å². The normalized spacial score (nSPS) is 10.2. The van der Waals surface area contributed by atoms with E-state index in [9.17, 15) is 0 Å². The van der Waals surface area contributed by atoms with Crippen molar-refractivity contribution in [2.24, 2.45) is 0 Å². The van der Waals surface area contributed by atoms with Crippen LogP contribution in [0.25, 0.3) is 66.1 Å². The zero-order valence-corrected chi connectivity index (χ0v) is 48.9. The highest BCUT2D eigenvalue weighted by Crippen LogP contribution is 2.43. The summed E-state index contributed by atoms with van der Waals surface area (Å²) in [6.45, 7) is 28.3. The molecule has 0 saturated carbocycles. The Balaban J connectivity index is 0.000000770. The van der Waals surface area contributed by atoms with Gasteiger partial charge in [-0.25, -0.2) is 0 Å². The Bertz CT molecular complexity index is 3430. The molecule has 4 nitrogen and oxygen atoms in total. The number of aromatic nitrogens is 2. The van der Waals surface area contributed by atoms with Gasteiger partial charge in [0.05, 0.1) is 22.1 Å². The SMILES string of the molecule is CC.CC.CC.CC.CC.CC.Cc1ccc(N(c2ccc(-c3ccc(N(c4ccc(C)cc4)c4ccc5c(c4)c4ccccc4n5-c4ccccc4)cc3)cc2)c2ccc3c(c2)c2ccccc2n3-c2ccccc2)cc1. The molecular weight excluding hydrogens is 945 g/mol. The molecule has 78 heavy (non-hydrogen) atoms. The molecule has 12 rings (SSSR count). The van der Waals surface area contributed by atoms with Crippen LogP contribution < -0.4 is 9.80 Å². The van der Waals surface area contributed by atoms with E-state index in [1.165, 1.54) is 54.7 Å². The molecule has 10 aromatic carbocycles. The molecule has 398 valence electrons. The summed E-state index contributed by atoms with van der Waals surface area (Å²) in [6.07, 6.45) is 0. The van der Waals surface area contributed by atoms with Gasteiger partial charge in [0.15, 0.2) is 0 Å². The largest absolute Gasteiger partial charge is 0.310 e. The van der Waals surface area contributed by atoms with Crippen LogP contribution in [-0.2, 0) is 0 Å². The third-order valence-electron chi connectivity index (χ3n) is 13.0. The summed E-state index contributed by atoms with van der Waals surface area (Å²) in [7, 11) is 0. The Labute approximate surface area is 467 Å². The van der Waals surface area contributed by atoms with Gasteiger partial charge in [0.1, 0.15) is 0 Å². The van der Waals surface area contributed by atoms with Gasteiger partial charge >= 0.3 is 0 Å². The Kier molecular flexibility index (Phi) is 21.9. The molecular formula is C74H82N4. The summed E-state index contributed by atoms with van der Waals surface area (Å²) < 4.78 is 4.74. The molecule has 0 atom stereocenters. The maximum absolute atomic E-state index is 2.37. The van der Waals surface area contributed by atoms with Crippen molar-refractivity contribution in [1.82, 2.24) is 9.13 Å². The van der Waals surface area contributed by atoms with Crippen molar-refractivity contribution in [1.29, 1.82) is 0 Å². The first-order valence-corrected chi connectivity index (χ1v) is 28.7. The highest BCUT2D eigenvalue weighted by molar-refractivity contribution is 6.12. The number of fused-ring (bicyclic) bond motifs is 6. The number of hydrogen-bond acceptors (Lipinski definition) is 2. The number of para-hydroxylation sites is 4. The van der Waals surface area contributed by atoms with Crippen molar-refractivity contribution >= 4 is 77.7 Å². The topological polar surface area (TPSA) is 16.3 Å². The average Bonchev–Trinajstić information content (AvgIpc) is 4.22. The maximum atomic E-state index is 2.37. The quantitative estimate of drug-likeness (QED) is 0.143. The predicted octanol–water partition coefficient (Wildman–Crippen LogP) is 23.3. The van der Waals surface area contributed by atoms with Crippen molar-refractivity contribution in [2.45, 2.75) is 96.9 Å². The molecule has 2 aromatic heterocycles. The zero-order valence-electron chi connectivity index (χ0n) is 48.9. The molecule has 12 aromatic rings. The van der Waals surface area contributed by atoms with E-state index in [0.29, 0.717) is 0 Å². The van der Waals surface area contributed by atoms with E-state index in [0.717, 1.165) is 56.6 Å². The molecule has 0 saturated heterocycles. The average molecular weight is 1030 g/mol. The Morgan fingerprint density at radius 3 is 0.808 bits per heavy atom. The van der Waals surface area contributed by atoms with Crippen molar-refractivity contribution in [3.8, 4) is 22.5 Å². The molecule has 0 N–H and O–H groups in total. The first-order valence-electron chi connectivity index (χ1n) is 28.7. The smallest absolute Gasteiger partial charge is 0.0542 e. The lowest BCUT2D eigenvalue weighted by Gasteiger charge is -2.26. The first kappa shape index (κ1) is 58.7. The van der Waals surface area contributed by atoms with Gasteiger partial charge in [-0.15, -0.1) is 0 Å². The molecule has 0 radical (unpaired) electrons. The zero-order chi connectivity index (χ0) is 56.1. The Morgan fingerprint density at radius 2 is 0.487 bits per heavy atom. The van der Waals surface area contributed by atoms with Crippen LogP contribution in [0.3, 0.4) is 0 Å². The van der Waals surface area contributed by atoms with E-state index in [1.807, 2.05) is 83.1 Å². The maximum Gasteiger partial charge on any atom is 0.0542 e. The van der Waals surface area contributed by atoms with Gasteiger partial charge in [0, 0.05) is 67.0 Å². The third-order valence-corrected chi connectivity index (χ3v) is 13.0. The Morgan fingerprint density at radius 1 is 0.231 bits per heavy atom. The van der Waals surface area contributed by atoms with Gasteiger partial charge in [-0.05, 0) is 146 Å². The third kappa shape index (κ3) is 12.3. The van der Waals surface area contributed by atoms with Crippen LogP contribution in [-0.4, -0.2) is 9.13 Å². The van der Waals surface area contributed by atoms with E-state index < -0.39 is 0 Å². The van der Waals surface area contributed by atoms with Crippen LogP contribution in [0, 0.1) is 13.8 Å². The summed E-state index contributed by atoms with van der Waals surface area (Å²) in [6, 6.07) is 88.2. The fourth-order valence-corrected chi connectivity index (χ4v) is 9.80. The van der Waals surface area contributed by atoms with E-state index in [-0.39, 0.29) is 0 Å². The highest BCUT2D eigenvalue weighted by atomic mass is 15.1. The molecule has 0 fully saturated rings. The highest BCUT2D eigenvalue weighted by Gasteiger charge is 2.20. The van der Waals surface area contributed by atoms with Crippen molar-refractivity contribution in [2.75, 3.05) is 9.80 Å². The van der Waals surface area contributed by atoms with Gasteiger partial charge < -0.3 is 18.9 Å². The molecule has 0 amide bonds. The molecule has 0 aliphatic rings. The summed E-state index contributed by atoms with van der Waals surface area (Å²) in [5.41, 5.74) is 18.5. The van der Waals surface area contributed by atoms with Gasteiger partial charge in [-0.3, -0.25) is 0 Å². The number of hydrogen-bond donors (Lipinski definition) is 0. The molecule has 2 heterocycles. The van der Waals surface area contributed by atoms with Gasteiger partial charge in [0.2, 0.25) is 0 Å². The van der Waals surface area contributed by atoms with Crippen molar-refractivity contribution in [3.63, 3.8) is 0 Å². The predicted molar refractivity (Wildman–Crippen MR) is 347 cm³/mol. The summed E-state index contributed by atoms with van der Waals surface area (Å²) in [5.74, 6) is 0. The standard InChI is InChI=1S/C62H46N4.6C2H6/c1-43-21-29-49(30-22-43)63(53-37-39-61-57(41-53)55-17-9-11-19-59(55)65(61)47-13-5-3-6-14-47)51-33-25-45(26-34-51)46-27-35-52(36-28-46)64(50-31-23-44(2)24-32-50)54-38-40-62-58(42-54)56-18-10-12-20-60(56)66(62)48-15-7-4-8-16-48;6*1-2/h3-42H,1-2H3;6*1-2H3. The number of nitrogens with zero attached hydrogens (tertiary/aromatic N) is 4. The number of aryl methyl sites for hydroxylation is 2. The fourth-order valence-electron chi connectivity index (χ4n) is 9.80. The molecule has 0 aliphatic carbocycles. The van der Waals surface area contributed by atoms with Gasteiger partial charge in [-0.1, -0.05) is 216 Å². The minimum atomic E-state index is 1.10. The number of anilines is 6. The van der Waals surface area contributed by atoms with E-state index >= 15 is 0 Å². The lowest BCUT2D eigenvalue weighted by Crippen LogP contribution is -2.10. The second kappa shape index (κ2) is 29.1. The minimum absolute atomic E-state index is 1.10. The van der Waals surface area contributed by atoms with Crippen LogP contribution in [0.4, 0.5) is 34.1 Å². The van der Waals surface area contributed by atoms with E-state index in [2.05, 4.69) is 275 Å². The molecule has 4 heteroatoms. The van der Waals surface area contributed by atoms with Gasteiger partial charge in [0.25, 0.3) is 0 Å². The number of rotatable bonds is 9. The van der Waals surface area contributed by atoms with Crippen LogP contribution in [0.2, 0.25) is 0 Å². The summed E-state index contributed by atoms with van der Waals surface area (Å²) in [5, 5.41) is 4.91. The molecule has 0 spiro atoms. The van der Waals surface area contributed by atoms with Gasteiger partial charge in [-0.2, -0.15) is 0 Å². The lowest BCUT2D eigenvalue weighted by molar-refractivity contribution is 1.18. The lowest BCUT2D eigenvalue weighted by atomic mass is 10.0. The summed E-state index contributed by atoms with van der Waals surface area (Å²) in [4.78, 5) is 4.74. The van der Waals surface area contributed by atoms with Crippen LogP contribution in [0.1, 0.15) is 94.2 Å².